The van der Waals surface area contributed by atoms with Gasteiger partial charge in [0.2, 0.25) is 0 Å². The molecule has 1 aromatic carbocycles. The van der Waals surface area contributed by atoms with Gasteiger partial charge in [0.25, 0.3) is 5.91 Å². The average Bonchev–Trinajstić information content (AvgIpc) is 2.62. The van der Waals surface area contributed by atoms with Crippen LogP contribution in [0.1, 0.15) is 47.5 Å². The van der Waals surface area contributed by atoms with E-state index in [0.717, 1.165) is 31.6 Å². The fraction of sp³-hybridized carbons (Fsp3) is 0.368. The van der Waals surface area contributed by atoms with Crippen LogP contribution in [0.25, 0.3) is 0 Å². The summed E-state index contributed by atoms with van der Waals surface area (Å²) in [4.78, 5) is 25.8. The van der Waals surface area contributed by atoms with Gasteiger partial charge in [-0.1, -0.05) is 19.1 Å². The number of amides is 1. The van der Waals surface area contributed by atoms with Crippen molar-refractivity contribution in [1.82, 2.24) is 15.1 Å². The van der Waals surface area contributed by atoms with Crippen LogP contribution < -0.4 is 5.32 Å². The molecule has 6 heteroatoms. The maximum atomic E-state index is 12.5. The van der Waals surface area contributed by atoms with Gasteiger partial charge < -0.3 is 10.2 Å². The van der Waals surface area contributed by atoms with Crippen LogP contribution in [0, 0.1) is 5.92 Å². The Morgan fingerprint density at radius 2 is 2.04 bits per heavy atom. The van der Waals surface area contributed by atoms with Gasteiger partial charge in [0.1, 0.15) is 0 Å². The SMILES string of the molecule is CC(=O)c1cccc(Nc2ccc(C(=O)N3CCCC(C)C3)nn2)c1. The summed E-state index contributed by atoms with van der Waals surface area (Å²) in [5.74, 6) is 1.00. The number of Topliss-reactive ketones (excluding diaryl/α,β-unsaturated/α-hetero) is 1. The third kappa shape index (κ3) is 4.21. The van der Waals surface area contributed by atoms with Gasteiger partial charge in [-0.15, -0.1) is 10.2 Å². The van der Waals surface area contributed by atoms with Gasteiger partial charge in [-0.05, 0) is 49.9 Å². The Labute approximate surface area is 147 Å². The molecule has 2 heterocycles. The number of benzene rings is 1. The lowest BCUT2D eigenvalue weighted by Crippen LogP contribution is -2.39. The first-order chi connectivity index (χ1) is 12.0. The zero-order chi connectivity index (χ0) is 17.8. The summed E-state index contributed by atoms with van der Waals surface area (Å²) in [5.41, 5.74) is 1.74. The summed E-state index contributed by atoms with van der Waals surface area (Å²) in [6.07, 6.45) is 2.20. The van der Waals surface area contributed by atoms with E-state index < -0.39 is 0 Å². The normalized spacial score (nSPS) is 17.2. The molecule has 130 valence electrons. The summed E-state index contributed by atoms with van der Waals surface area (Å²) >= 11 is 0. The number of nitrogens with one attached hydrogen (secondary N) is 1. The summed E-state index contributed by atoms with van der Waals surface area (Å²) < 4.78 is 0. The van der Waals surface area contributed by atoms with Crippen LogP contribution in [0.5, 0.6) is 0 Å². The van der Waals surface area contributed by atoms with E-state index in [0.29, 0.717) is 23.0 Å². The van der Waals surface area contributed by atoms with E-state index in [9.17, 15) is 9.59 Å². The van der Waals surface area contributed by atoms with Gasteiger partial charge >= 0.3 is 0 Å². The van der Waals surface area contributed by atoms with Gasteiger partial charge in [0, 0.05) is 24.3 Å². The minimum atomic E-state index is -0.0656. The van der Waals surface area contributed by atoms with Crippen LogP contribution >= 0.6 is 0 Å². The first-order valence-corrected chi connectivity index (χ1v) is 8.54. The lowest BCUT2D eigenvalue weighted by atomic mass is 10.00. The molecular formula is C19H22N4O2. The molecule has 6 nitrogen and oxygen atoms in total. The molecule has 1 aromatic heterocycles. The first-order valence-electron chi connectivity index (χ1n) is 8.54. The number of carbonyl (C=O) groups excluding carboxylic acids is 2. The Hall–Kier alpha value is -2.76. The number of likely N-dealkylation sites (tertiary alicyclic amines) is 1. The average molecular weight is 338 g/mol. The van der Waals surface area contributed by atoms with Crippen LogP contribution in [0.3, 0.4) is 0 Å². The summed E-state index contributed by atoms with van der Waals surface area (Å²) in [6, 6.07) is 10.6. The number of carbonyl (C=O) groups is 2. The van der Waals surface area contributed by atoms with Crippen molar-refractivity contribution in [3.8, 4) is 0 Å². The third-order valence-electron chi connectivity index (χ3n) is 4.37. The predicted molar refractivity (Wildman–Crippen MR) is 96.1 cm³/mol. The molecule has 2 aromatic rings. The van der Waals surface area contributed by atoms with E-state index in [4.69, 9.17) is 0 Å². The molecule has 0 aliphatic carbocycles. The first kappa shape index (κ1) is 17.1. The molecule has 1 unspecified atom stereocenters. The number of hydrogen-bond donors (Lipinski definition) is 1. The van der Waals surface area contributed by atoms with E-state index >= 15 is 0 Å². The molecule has 25 heavy (non-hydrogen) atoms. The van der Waals surface area contributed by atoms with Gasteiger partial charge in [0.05, 0.1) is 0 Å². The molecule has 1 atom stereocenters. The van der Waals surface area contributed by atoms with E-state index in [1.165, 1.54) is 6.92 Å². The van der Waals surface area contributed by atoms with E-state index in [1.54, 1.807) is 24.3 Å². The summed E-state index contributed by atoms with van der Waals surface area (Å²) in [6.45, 7) is 5.25. The van der Waals surface area contributed by atoms with Gasteiger partial charge in [-0.25, -0.2) is 0 Å². The molecule has 0 bridgehead atoms. The molecule has 0 spiro atoms. The Morgan fingerprint density at radius 3 is 2.72 bits per heavy atom. The summed E-state index contributed by atoms with van der Waals surface area (Å²) in [5, 5.41) is 11.3. The Kier molecular flexibility index (Phi) is 5.07. The lowest BCUT2D eigenvalue weighted by Gasteiger charge is -2.30. The number of aromatic nitrogens is 2. The number of nitrogens with zero attached hydrogens (tertiary/aromatic N) is 3. The van der Waals surface area contributed by atoms with Crippen molar-refractivity contribution in [2.24, 2.45) is 5.92 Å². The topological polar surface area (TPSA) is 75.2 Å². The van der Waals surface area contributed by atoms with Crippen molar-refractivity contribution >= 4 is 23.2 Å². The number of piperidine rings is 1. The lowest BCUT2D eigenvalue weighted by molar-refractivity contribution is 0.0676. The number of anilines is 2. The molecule has 1 fully saturated rings. The minimum Gasteiger partial charge on any atom is -0.339 e. The molecule has 0 radical (unpaired) electrons. The fourth-order valence-electron chi connectivity index (χ4n) is 3.01. The fourth-order valence-corrected chi connectivity index (χ4v) is 3.01. The second-order valence-corrected chi connectivity index (χ2v) is 6.56. The molecule has 1 saturated heterocycles. The monoisotopic (exact) mass is 338 g/mol. The third-order valence-corrected chi connectivity index (χ3v) is 4.37. The molecule has 1 N–H and O–H groups in total. The highest BCUT2D eigenvalue weighted by molar-refractivity contribution is 5.95. The Balaban J connectivity index is 1.69. The van der Waals surface area contributed by atoms with Crippen LogP contribution in [0.2, 0.25) is 0 Å². The maximum absolute atomic E-state index is 12.5. The largest absolute Gasteiger partial charge is 0.339 e. The van der Waals surface area contributed by atoms with Gasteiger partial charge in [0.15, 0.2) is 17.3 Å². The van der Waals surface area contributed by atoms with Crippen molar-refractivity contribution in [3.63, 3.8) is 0 Å². The number of ketones is 1. The van der Waals surface area contributed by atoms with E-state index in [-0.39, 0.29) is 11.7 Å². The van der Waals surface area contributed by atoms with Crippen molar-refractivity contribution < 1.29 is 9.59 Å². The van der Waals surface area contributed by atoms with Crippen LogP contribution in [0.15, 0.2) is 36.4 Å². The number of rotatable bonds is 4. The highest BCUT2D eigenvalue weighted by atomic mass is 16.2. The standard InChI is InChI=1S/C19H22N4O2/c1-13-5-4-10-23(12-13)19(25)17-8-9-18(22-21-17)20-16-7-3-6-15(11-16)14(2)24/h3,6-9,11,13H,4-5,10,12H2,1-2H3,(H,20,22). The Bertz CT molecular complexity index is 773. The van der Waals surface area contributed by atoms with Crippen LogP contribution in [0.4, 0.5) is 11.5 Å². The van der Waals surface area contributed by atoms with Crippen molar-refractivity contribution in [2.45, 2.75) is 26.7 Å². The van der Waals surface area contributed by atoms with E-state index in [2.05, 4.69) is 22.4 Å². The zero-order valence-corrected chi connectivity index (χ0v) is 14.5. The second kappa shape index (κ2) is 7.42. The predicted octanol–water partition coefficient (Wildman–Crippen LogP) is 3.29. The molecule has 1 aliphatic heterocycles. The van der Waals surface area contributed by atoms with Gasteiger partial charge in [-0.2, -0.15) is 0 Å². The summed E-state index contributed by atoms with van der Waals surface area (Å²) in [7, 11) is 0. The highest BCUT2D eigenvalue weighted by Crippen LogP contribution is 2.19. The second-order valence-electron chi connectivity index (χ2n) is 6.56. The molecular weight excluding hydrogens is 316 g/mol. The minimum absolute atomic E-state index is 0.00596. The Morgan fingerprint density at radius 1 is 1.20 bits per heavy atom. The van der Waals surface area contributed by atoms with Crippen molar-refractivity contribution in [3.05, 3.63) is 47.7 Å². The maximum Gasteiger partial charge on any atom is 0.274 e. The molecule has 0 saturated carbocycles. The van der Waals surface area contributed by atoms with Crippen molar-refractivity contribution in [1.29, 1.82) is 0 Å². The number of hydrogen-bond acceptors (Lipinski definition) is 5. The van der Waals surface area contributed by atoms with E-state index in [1.807, 2.05) is 17.0 Å². The quantitative estimate of drug-likeness (QED) is 0.866. The smallest absolute Gasteiger partial charge is 0.274 e. The van der Waals surface area contributed by atoms with Crippen molar-refractivity contribution in [2.75, 3.05) is 18.4 Å². The highest BCUT2D eigenvalue weighted by Gasteiger charge is 2.23. The van der Waals surface area contributed by atoms with Crippen LogP contribution in [-0.4, -0.2) is 39.9 Å². The van der Waals surface area contributed by atoms with Crippen LogP contribution in [-0.2, 0) is 0 Å². The molecule has 3 rings (SSSR count). The zero-order valence-electron chi connectivity index (χ0n) is 14.5. The molecule has 1 amide bonds. The van der Waals surface area contributed by atoms with Gasteiger partial charge in [-0.3, -0.25) is 9.59 Å². The molecule has 1 aliphatic rings.